The molecular formula is C21H32N4O4. The van der Waals surface area contributed by atoms with E-state index in [2.05, 4.69) is 10.2 Å². The van der Waals surface area contributed by atoms with Gasteiger partial charge in [0, 0.05) is 51.4 Å². The Balaban J connectivity index is 1.51. The number of benzene rings is 1. The van der Waals surface area contributed by atoms with Gasteiger partial charge in [-0.05, 0) is 38.1 Å². The van der Waals surface area contributed by atoms with E-state index in [1.807, 2.05) is 34.9 Å². The summed E-state index contributed by atoms with van der Waals surface area (Å²) in [5.74, 6) is 0.737. The summed E-state index contributed by atoms with van der Waals surface area (Å²) >= 11 is 0. The van der Waals surface area contributed by atoms with Crippen molar-refractivity contribution >= 4 is 11.9 Å². The molecule has 160 valence electrons. The van der Waals surface area contributed by atoms with Gasteiger partial charge in [-0.15, -0.1) is 0 Å². The standard InChI is InChI=1S/C21H32N4O4/c1-3-22-21(27)25-12-13-29-19(16-25)15-23-8-5-9-24(11-10-23)20(26)17-6-4-7-18(14-17)28-2/h4,6-7,14,19H,3,5,8-13,15-16H2,1-2H3,(H,22,27)/t19-/m0/s1. The van der Waals surface area contributed by atoms with Gasteiger partial charge in [0.1, 0.15) is 5.75 Å². The molecule has 0 spiro atoms. The van der Waals surface area contributed by atoms with Crippen molar-refractivity contribution in [2.24, 2.45) is 0 Å². The van der Waals surface area contributed by atoms with Gasteiger partial charge < -0.3 is 24.6 Å². The van der Waals surface area contributed by atoms with Crippen LogP contribution in [0.4, 0.5) is 4.79 Å². The summed E-state index contributed by atoms with van der Waals surface area (Å²) in [6.45, 7) is 8.27. The van der Waals surface area contributed by atoms with Gasteiger partial charge in [0.25, 0.3) is 5.91 Å². The van der Waals surface area contributed by atoms with Crippen LogP contribution in [0.2, 0.25) is 0 Å². The second-order valence-corrected chi connectivity index (χ2v) is 7.45. The number of carbonyl (C=O) groups excluding carboxylic acids is 2. The molecule has 1 N–H and O–H groups in total. The molecule has 8 nitrogen and oxygen atoms in total. The molecule has 2 fully saturated rings. The first kappa shape index (κ1) is 21.4. The maximum atomic E-state index is 12.9. The van der Waals surface area contributed by atoms with Crippen LogP contribution in [0, 0.1) is 0 Å². The second-order valence-electron chi connectivity index (χ2n) is 7.45. The van der Waals surface area contributed by atoms with Gasteiger partial charge in [0.15, 0.2) is 0 Å². The van der Waals surface area contributed by atoms with E-state index in [9.17, 15) is 9.59 Å². The molecule has 3 amide bonds. The van der Waals surface area contributed by atoms with Gasteiger partial charge in [-0.3, -0.25) is 9.69 Å². The normalized spacial score (nSPS) is 20.8. The van der Waals surface area contributed by atoms with Crippen LogP contribution in [0.25, 0.3) is 0 Å². The molecule has 0 radical (unpaired) electrons. The summed E-state index contributed by atoms with van der Waals surface area (Å²) in [5.41, 5.74) is 0.658. The fourth-order valence-electron chi connectivity index (χ4n) is 3.86. The highest BCUT2D eigenvalue weighted by Crippen LogP contribution is 2.16. The average Bonchev–Trinajstić information content (AvgIpc) is 2.99. The Hall–Kier alpha value is -2.32. The second kappa shape index (κ2) is 10.5. The third-order valence-electron chi connectivity index (χ3n) is 5.41. The minimum atomic E-state index is -0.0215. The first-order valence-corrected chi connectivity index (χ1v) is 10.4. The summed E-state index contributed by atoms with van der Waals surface area (Å²) in [4.78, 5) is 31.0. The first-order chi connectivity index (χ1) is 14.1. The van der Waals surface area contributed by atoms with E-state index in [1.165, 1.54) is 0 Å². The van der Waals surface area contributed by atoms with Crippen LogP contribution in [0.15, 0.2) is 24.3 Å². The zero-order chi connectivity index (χ0) is 20.6. The summed E-state index contributed by atoms with van der Waals surface area (Å²) < 4.78 is 11.1. The maximum absolute atomic E-state index is 12.9. The molecule has 29 heavy (non-hydrogen) atoms. The van der Waals surface area contributed by atoms with Gasteiger partial charge >= 0.3 is 6.03 Å². The molecule has 0 aromatic heterocycles. The van der Waals surface area contributed by atoms with Gasteiger partial charge in [-0.1, -0.05) is 6.07 Å². The zero-order valence-corrected chi connectivity index (χ0v) is 17.4. The molecule has 0 aliphatic carbocycles. The molecule has 1 aromatic rings. The number of morpholine rings is 1. The average molecular weight is 405 g/mol. The number of ether oxygens (including phenoxy) is 2. The number of hydrogen-bond acceptors (Lipinski definition) is 5. The molecule has 0 unspecified atom stereocenters. The van der Waals surface area contributed by atoms with Crippen molar-refractivity contribution in [1.82, 2.24) is 20.0 Å². The molecule has 2 aliphatic heterocycles. The highest BCUT2D eigenvalue weighted by Gasteiger charge is 2.27. The van der Waals surface area contributed by atoms with Crippen molar-refractivity contribution < 1.29 is 19.1 Å². The van der Waals surface area contributed by atoms with E-state index in [0.29, 0.717) is 44.1 Å². The Bertz CT molecular complexity index is 699. The quantitative estimate of drug-likeness (QED) is 0.800. The Morgan fingerprint density at radius 3 is 2.83 bits per heavy atom. The summed E-state index contributed by atoms with van der Waals surface area (Å²) in [6.07, 6.45) is 0.926. The monoisotopic (exact) mass is 404 g/mol. The first-order valence-electron chi connectivity index (χ1n) is 10.4. The number of nitrogens with one attached hydrogen (secondary N) is 1. The van der Waals surface area contributed by atoms with Crippen LogP contribution in [0.1, 0.15) is 23.7 Å². The molecule has 2 saturated heterocycles. The van der Waals surface area contributed by atoms with Crippen molar-refractivity contribution in [1.29, 1.82) is 0 Å². The predicted molar refractivity (Wildman–Crippen MR) is 110 cm³/mol. The number of urea groups is 1. The largest absolute Gasteiger partial charge is 0.497 e. The van der Waals surface area contributed by atoms with E-state index < -0.39 is 0 Å². The number of hydrogen-bond donors (Lipinski definition) is 1. The third-order valence-corrected chi connectivity index (χ3v) is 5.41. The molecule has 3 rings (SSSR count). The van der Waals surface area contributed by atoms with E-state index >= 15 is 0 Å². The van der Waals surface area contributed by atoms with Crippen molar-refractivity contribution in [3.8, 4) is 5.75 Å². The molecule has 0 bridgehead atoms. The Kier molecular flexibility index (Phi) is 7.71. The predicted octanol–water partition coefficient (Wildman–Crippen LogP) is 1.27. The smallest absolute Gasteiger partial charge is 0.317 e. The molecule has 1 atom stereocenters. The minimum absolute atomic E-state index is 0.00647. The molecule has 0 saturated carbocycles. The van der Waals surface area contributed by atoms with Crippen LogP contribution in [-0.2, 0) is 4.74 Å². The van der Waals surface area contributed by atoms with E-state index in [0.717, 1.165) is 32.6 Å². The van der Waals surface area contributed by atoms with Gasteiger partial charge in [0.05, 0.1) is 19.8 Å². The Morgan fingerprint density at radius 1 is 1.17 bits per heavy atom. The highest BCUT2D eigenvalue weighted by molar-refractivity contribution is 5.94. The summed E-state index contributed by atoms with van der Waals surface area (Å²) in [7, 11) is 1.60. The van der Waals surface area contributed by atoms with Crippen molar-refractivity contribution in [2.45, 2.75) is 19.4 Å². The molecule has 1 aromatic carbocycles. The lowest BCUT2D eigenvalue weighted by Crippen LogP contribution is -2.52. The van der Waals surface area contributed by atoms with Crippen molar-refractivity contribution in [3.63, 3.8) is 0 Å². The van der Waals surface area contributed by atoms with E-state index in [1.54, 1.807) is 13.2 Å². The van der Waals surface area contributed by atoms with E-state index in [-0.39, 0.29) is 18.0 Å². The number of nitrogens with zero attached hydrogens (tertiary/aromatic N) is 3. The van der Waals surface area contributed by atoms with Gasteiger partial charge in [0.2, 0.25) is 0 Å². The summed E-state index contributed by atoms with van der Waals surface area (Å²) in [5, 5.41) is 2.86. The highest BCUT2D eigenvalue weighted by atomic mass is 16.5. The van der Waals surface area contributed by atoms with Crippen LogP contribution in [-0.4, -0.2) is 98.8 Å². The number of methoxy groups -OCH3 is 1. The lowest BCUT2D eigenvalue weighted by molar-refractivity contribution is -0.0298. The van der Waals surface area contributed by atoms with Gasteiger partial charge in [-0.2, -0.15) is 0 Å². The number of amides is 3. The van der Waals surface area contributed by atoms with Crippen molar-refractivity contribution in [2.75, 3.05) is 66.1 Å². The van der Waals surface area contributed by atoms with E-state index in [4.69, 9.17) is 9.47 Å². The van der Waals surface area contributed by atoms with Crippen LogP contribution < -0.4 is 10.1 Å². The topological polar surface area (TPSA) is 74.4 Å². The molecule has 8 heteroatoms. The van der Waals surface area contributed by atoms with Crippen molar-refractivity contribution in [3.05, 3.63) is 29.8 Å². The summed E-state index contributed by atoms with van der Waals surface area (Å²) in [6, 6.07) is 7.29. The fraction of sp³-hybridized carbons (Fsp3) is 0.619. The lowest BCUT2D eigenvalue weighted by Gasteiger charge is -2.35. The SMILES string of the molecule is CCNC(=O)N1CCO[C@@H](CN2CCCN(C(=O)c3cccc(OC)c3)CC2)C1. The third kappa shape index (κ3) is 5.83. The number of rotatable bonds is 5. The lowest BCUT2D eigenvalue weighted by atomic mass is 10.2. The Labute approximate surface area is 172 Å². The van der Waals surface area contributed by atoms with Gasteiger partial charge in [-0.25, -0.2) is 4.79 Å². The van der Waals surface area contributed by atoms with Crippen LogP contribution >= 0.6 is 0 Å². The fourth-order valence-corrected chi connectivity index (χ4v) is 3.86. The van der Waals surface area contributed by atoms with Crippen LogP contribution in [0.5, 0.6) is 5.75 Å². The minimum Gasteiger partial charge on any atom is -0.497 e. The number of carbonyl (C=O) groups is 2. The Morgan fingerprint density at radius 2 is 2.03 bits per heavy atom. The molecular weight excluding hydrogens is 372 g/mol. The van der Waals surface area contributed by atoms with Crippen LogP contribution in [0.3, 0.4) is 0 Å². The molecule has 2 aliphatic rings. The molecule has 2 heterocycles. The maximum Gasteiger partial charge on any atom is 0.317 e. The zero-order valence-electron chi connectivity index (χ0n) is 17.4.